The van der Waals surface area contributed by atoms with E-state index in [1.54, 1.807) is 12.1 Å². The standard InChI is InChI=1S/C18H20FN5OS/c1-23-14-10-24(7-6-11(14)8-17(23)25)15-9-16(22-18(20)21-15)26-13-4-2-12(19)3-5-13/h2-5,9,11,14H,6-8,10H2,1H3,(H2,20,21,22)/t11-,14-/m1/s1. The highest BCUT2D eigenvalue weighted by molar-refractivity contribution is 7.99. The number of rotatable bonds is 3. The minimum absolute atomic E-state index is 0.213. The van der Waals surface area contributed by atoms with Crippen LogP contribution in [0.5, 0.6) is 0 Å². The maximum Gasteiger partial charge on any atom is 0.223 e. The number of halogens is 1. The number of likely N-dealkylation sites (N-methyl/N-ethyl adjacent to an activating group) is 1. The fourth-order valence-corrected chi connectivity index (χ4v) is 4.50. The van der Waals surface area contributed by atoms with Gasteiger partial charge in [-0.25, -0.2) is 9.37 Å². The Labute approximate surface area is 155 Å². The highest BCUT2D eigenvalue weighted by Gasteiger charge is 2.41. The summed E-state index contributed by atoms with van der Waals surface area (Å²) in [6.07, 6.45) is 1.61. The summed E-state index contributed by atoms with van der Waals surface area (Å²) in [5, 5.41) is 0.720. The van der Waals surface area contributed by atoms with Crippen molar-refractivity contribution in [3.8, 4) is 0 Å². The van der Waals surface area contributed by atoms with Crippen molar-refractivity contribution in [2.45, 2.75) is 28.8 Å². The number of piperidine rings is 1. The minimum Gasteiger partial charge on any atom is -0.368 e. The number of nitrogen functional groups attached to an aromatic ring is 1. The Bertz CT molecular complexity index is 831. The number of likely N-dealkylation sites (tertiary alicyclic amines) is 1. The van der Waals surface area contributed by atoms with Gasteiger partial charge in [-0.2, -0.15) is 4.98 Å². The normalized spacial score (nSPS) is 22.6. The van der Waals surface area contributed by atoms with Crippen LogP contribution in [0.4, 0.5) is 16.2 Å². The second-order valence-corrected chi connectivity index (χ2v) is 7.84. The first kappa shape index (κ1) is 17.1. The highest BCUT2D eigenvalue weighted by Crippen LogP contribution is 2.34. The molecule has 0 unspecified atom stereocenters. The van der Waals surface area contributed by atoms with Crippen LogP contribution >= 0.6 is 11.8 Å². The van der Waals surface area contributed by atoms with Gasteiger partial charge in [-0.05, 0) is 36.6 Å². The molecule has 4 rings (SSSR count). The number of nitrogens with zero attached hydrogens (tertiary/aromatic N) is 4. The summed E-state index contributed by atoms with van der Waals surface area (Å²) < 4.78 is 13.1. The van der Waals surface area contributed by atoms with Crippen molar-refractivity contribution in [3.63, 3.8) is 0 Å². The Morgan fingerprint density at radius 2 is 2.04 bits per heavy atom. The Morgan fingerprint density at radius 3 is 2.81 bits per heavy atom. The number of amides is 1. The molecule has 2 aromatic rings. The van der Waals surface area contributed by atoms with E-state index in [4.69, 9.17) is 5.73 Å². The van der Waals surface area contributed by atoms with Gasteiger partial charge in [-0.15, -0.1) is 0 Å². The number of benzene rings is 1. The van der Waals surface area contributed by atoms with Gasteiger partial charge in [-0.3, -0.25) is 4.79 Å². The summed E-state index contributed by atoms with van der Waals surface area (Å²) in [7, 11) is 1.88. The molecule has 3 heterocycles. The first-order valence-electron chi connectivity index (χ1n) is 8.58. The molecular formula is C18H20FN5OS. The number of carbonyl (C=O) groups is 1. The Balaban J connectivity index is 1.54. The molecule has 2 aliphatic heterocycles. The summed E-state index contributed by atoms with van der Waals surface area (Å²) in [4.78, 5) is 25.5. The summed E-state index contributed by atoms with van der Waals surface area (Å²) in [6, 6.07) is 8.39. The summed E-state index contributed by atoms with van der Waals surface area (Å²) >= 11 is 1.42. The number of anilines is 2. The lowest BCUT2D eigenvalue weighted by atomic mass is 9.92. The molecular weight excluding hydrogens is 353 g/mol. The van der Waals surface area contributed by atoms with Gasteiger partial charge in [0, 0.05) is 37.5 Å². The number of hydrogen-bond acceptors (Lipinski definition) is 6. The van der Waals surface area contributed by atoms with Gasteiger partial charge in [-0.1, -0.05) is 11.8 Å². The second kappa shape index (κ2) is 6.75. The van der Waals surface area contributed by atoms with Crippen LogP contribution < -0.4 is 10.6 Å². The molecule has 8 heteroatoms. The van der Waals surface area contributed by atoms with Gasteiger partial charge in [0.05, 0.1) is 6.04 Å². The number of carbonyl (C=O) groups excluding carboxylic acids is 1. The van der Waals surface area contributed by atoms with Gasteiger partial charge in [0.1, 0.15) is 16.7 Å². The summed E-state index contributed by atoms with van der Waals surface area (Å²) in [6.45, 7) is 1.60. The van der Waals surface area contributed by atoms with Crippen molar-refractivity contribution in [1.29, 1.82) is 0 Å². The van der Waals surface area contributed by atoms with Gasteiger partial charge >= 0.3 is 0 Å². The van der Waals surface area contributed by atoms with Crippen LogP contribution in [0.15, 0.2) is 40.3 Å². The van der Waals surface area contributed by atoms with E-state index in [1.807, 2.05) is 18.0 Å². The monoisotopic (exact) mass is 373 g/mol. The molecule has 0 aliphatic carbocycles. The molecule has 0 bridgehead atoms. The van der Waals surface area contributed by atoms with E-state index in [1.165, 1.54) is 23.9 Å². The topological polar surface area (TPSA) is 75.4 Å². The lowest BCUT2D eigenvalue weighted by molar-refractivity contribution is -0.127. The third-order valence-corrected chi connectivity index (χ3v) is 6.04. The first-order chi connectivity index (χ1) is 12.5. The molecule has 2 fully saturated rings. The number of fused-ring (bicyclic) bond motifs is 1. The van der Waals surface area contributed by atoms with Crippen LogP contribution in [0.1, 0.15) is 12.8 Å². The van der Waals surface area contributed by atoms with E-state index in [0.717, 1.165) is 35.2 Å². The molecule has 2 saturated heterocycles. The van der Waals surface area contributed by atoms with Crippen LogP contribution in [0.25, 0.3) is 0 Å². The van der Waals surface area contributed by atoms with E-state index < -0.39 is 0 Å². The minimum atomic E-state index is -0.268. The molecule has 0 radical (unpaired) electrons. The van der Waals surface area contributed by atoms with Crippen LogP contribution in [0.2, 0.25) is 0 Å². The van der Waals surface area contributed by atoms with Gasteiger partial charge in [0.2, 0.25) is 11.9 Å². The SMILES string of the molecule is CN1C(=O)C[C@H]2CCN(c3cc(Sc4ccc(F)cc4)nc(N)n3)C[C@H]21. The molecule has 26 heavy (non-hydrogen) atoms. The molecule has 1 aromatic carbocycles. The lowest BCUT2D eigenvalue weighted by Gasteiger charge is -2.37. The van der Waals surface area contributed by atoms with Crippen molar-refractivity contribution < 1.29 is 9.18 Å². The third kappa shape index (κ3) is 3.33. The number of aromatic nitrogens is 2. The van der Waals surface area contributed by atoms with Crippen LogP contribution in [0, 0.1) is 11.7 Å². The molecule has 0 saturated carbocycles. The van der Waals surface area contributed by atoms with Crippen molar-refractivity contribution in [2.75, 3.05) is 30.8 Å². The Kier molecular flexibility index (Phi) is 4.44. The van der Waals surface area contributed by atoms with E-state index in [-0.39, 0.29) is 23.7 Å². The Morgan fingerprint density at radius 1 is 1.27 bits per heavy atom. The van der Waals surface area contributed by atoms with Gasteiger partial charge in [0.15, 0.2) is 0 Å². The van der Waals surface area contributed by atoms with Crippen molar-refractivity contribution in [3.05, 3.63) is 36.1 Å². The lowest BCUT2D eigenvalue weighted by Crippen LogP contribution is -2.47. The maximum absolute atomic E-state index is 13.1. The number of hydrogen-bond donors (Lipinski definition) is 1. The van der Waals surface area contributed by atoms with Crippen LogP contribution in [-0.2, 0) is 4.79 Å². The van der Waals surface area contributed by atoms with Crippen LogP contribution in [-0.4, -0.2) is 47.0 Å². The van der Waals surface area contributed by atoms with Crippen LogP contribution in [0.3, 0.4) is 0 Å². The third-order valence-electron chi connectivity index (χ3n) is 5.12. The molecule has 2 aliphatic rings. The summed E-state index contributed by atoms with van der Waals surface area (Å²) in [5.41, 5.74) is 5.91. The average molecular weight is 373 g/mol. The van der Waals surface area contributed by atoms with Crippen molar-refractivity contribution >= 4 is 29.4 Å². The van der Waals surface area contributed by atoms with E-state index in [9.17, 15) is 9.18 Å². The van der Waals surface area contributed by atoms with Gasteiger partial charge < -0.3 is 15.5 Å². The molecule has 1 aromatic heterocycles. The second-order valence-electron chi connectivity index (χ2n) is 6.75. The quantitative estimate of drug-likeness (QED) is 0.833. The fraction of sp³-hybridized carbons (Fsp3) is 0.389. The zero-order valence-corrected chi connectivity index (χ0v) is 15.2. The molecule has 6 nitrogen and oxygen atoms in total. The first-order valence-corrected chi connectivity index (χ1v) is 9.40. The van der Waals surface area contributed by atoms with E-state index in [0.29, 0.717) is 12.3 Å². The fourth-order valence-electron chi connectivity index (χ4n) is 3.69. The Hall–Kier alpha value is -2.35. The van der Waals surface area contributed by atoms with Crippen molar-refractivity contribution in [1.82, 2.24) is 14.9 Å². The predicted molar refractivity (Wildman–Crippen MR) is 98.5 cm³/mol. The highest BCUT2D eigenvalue weighted by atomic mass is 32.2. The molecule has 136 valence electrons. The zero-order valence-electron chi connectivity index (χ0n) is 14.4. The van der Waals surface area contributed by atoms with E-state index in [2.05, 4.69) is 14.9 Å². The predicted octanol–water partition coefficient (Wildman–Crippen LogP) is 2.41. The largest absolute Gasteiger partial charge is 0.368 e. The molecule has 2 N–H and O–H groups in total. The smallest absolute Gasteiger partial charge is 0.223 e. The molecule has 2 atom stereocenters. The maximum atomic E-state index is 13.1. The number of nitrogens with two attached hydrogens (primary N) is 1. The van der Waals surface area contributed by atoms with E-state index >= 15 is 0 Å². The molecule has 1 amide bonds. The van der Waals surface area contributed by atoms with Crippen molar-refractivity contribution in [2.24, 2.45) is 5.92 Å². The van der Waals surface area contributed by atoms with Gasteiger partial charge in [0.25, 0.3) is 0 Å². The summed E-state index contributed by atoms with van der Waals surface area (Å²) in [5.74, 6) is 1.36. The zero-order chi connectivity index (χ0) is 18.3. The molecule has 0 spiro atoms. The average Bonchev–Trinajstić information content (AvgIpc) is 2.90.